The van der Waals surface area contributed by atoms with Gasteiger partial charge in [-0.3, -0.25) is 0 Å². The van der Waals surface area contributed by atoms with E-state index in [1.165, 1.54) is 87.6 Å². The molecule has 0 N–H and O–H groups in total. The van der Waals surface area contributed by atoms with E-state index in [4.69, 9.17) is 0 Å². The maximum absolute atomic E-state index is 2.45. The Kier molecular flexibility index (Phi) is 9.54. The van der Waals surface area contributed by atoms with E-state index in [0.29, 0.717) is 0 Å². The summed E-state index contributed by atoms with van der Waals surface area (Å²) >= 11 is 0. The lowest BCUT2D eigenvalue weighted by molar-refractivity contribution is 1.18. The van der Waals surface area contributed by atoms with Crippen LogP contribution in [-0.4, -0.2) is 4.57 Å². The predicted octanol–water partition coefficient (Wildman–Crippen LogP) is 18.4. The first-order valence-electron chi connectivity index (χ1n) is 23.4. The summed E-state index contributed by atoms with van der Waals surface area (Å²) < 4.78 is 2.40. The Labute approximate surface area is 395 Å². The molecular formula is C66H44N2. The minimum atomic E-state index is 1.08. The zero-order valence-electron chi connectivity index (χ0n) is 37.3. The summed E-state index contributed by atoms with van der Waals surface area (Å²) in [6.07, 6.45) is 0. The zero-order valence-corrected chi connectivity index (χ0v) is 37.3. The summed E-state index contributed by atoms with van der Waals surface area (Å²) in [4.78, 5) is 2.45. The van der Waals surface area contributed by atoms with Crippen molar-refractivity contribution >= 4 is 71.2 Å². The Morgan fingerprint density at radius 2 is 0.794 bits per heavy atom. The molecule has 0 aliphatic rings. The number of aromatic nitrogens is 1. The largest absolute Gasteiger partial charge is 0.310 e. The number of rotatable bonds is 8. The molecular weight excluding hydrogens is 821 g/mol. The van der Waals surface area contributed by atoms with Crippen molar-refractivity contribution in [3.63, 3.8) is 0 Å². The molecule has 0 aliphatic carbocycles. The maximum Gasteiger partial charge on any atom is 0.0562 e. The Balaban J connectivity index is 1.00. The highest BCUT2D eigenvalue weighted by Gasteiger charge is 2.23. The van der Waals surface area contributed by atoms with Crippen LogP contribution in [0.1, 0.15) is 0 Å². The molecule has 12 aromatic carbocycles. The van der Waals surface area contributed by atoms with Gasteiger partial charge >= 0.3 is 0 Å². The number of hydrogen-bond acceptors (Lipinski definition) is 1. The van der Waals surface area contributed by atoms with Crippen molar-refractivity contribution in [2.24, 2.45) is 0 Å². The molecule has 0 bridgehead atoms. The summed E-state index contributed by atoms with van der Waals surface area (Å²) in [6, 6.07) is 97.5. The highest BCUT2D eigenvalue weighted by Crippen LogP contribution is 2.47. The third-order valence-corrected chi connectivity index (χ3v) is 13.7. The van der Waals surface area contributed by atoms with Gasteiger partial charge in [-0.2, -0.15) is 0 Å². The number of anilines is 3. The van der Waals surface area contributed by atoms with Crippen LogP contribution < -0.4 is 4.90 Å². The molecule has 2 nitrogen and oxygen atoms in total. The molecule has 0 atom stereocenters. The van der Waals surface area contributed by atoms with E-state index in [1.807, 2.05) is 0 Å². The van der Waals surface area contributed by atoms with Crippen LogP contribution in [0.4, 0.5) is 17.1 Å². The van der Waals surface area contributed by atoms with E-state index in [1.54, 1.807) is 0 Å². The Hall–Kier alpha value is -8.98. The van der Waals surface area contributed by atoms with Gasteiger partial charge < -0.3 is 9.47 Å². The van der Waals surface area contributed by atoms with Gasteiger partial charge in [-0.1, -0.05) is 200 Å². The van der Waals surface area contributed by atoms with Crippen LogP contribution in [0.5, 0.6) is 0 Å². The minimum absolute atomic E-state index is 1.08. The first-order chi connectivity index (χ1) is 33.7. The van der Waals surface area contributed by atoms with Crippen LogP contribution in [0.25, 0.3) is 104 Å². The lowest BCUT2D eigenvalue weighted by atomic mass is 9.84. The van der Waals surface area contributed by atoms with Crippen LogP contribution in [0.15, 0.2) is 267 Å². The molecule has 0 spiro atoms. The van der Waals surface area contributed by atoms with Crippen LogP contribution >= 0.6 is 0 Å². The van der Waals surface area contributed by atoms with E-state index >= 15 is 0 Å². The second kappa shape index (κ2) is 16.5. The molecule has 0 saturated carbocycles. The van der Waals surface area contributed by atoms with Crippen molar-refractivity contribution in [3.8, 4) is 50.2 Å². The molecule has 0 unspecified atom stereocenters. The molecule has 0 saturated heterocycles. The van der Waals surface area contributed by atoms with Gasteiger partial charge in [0, 0.05) is 27.8 Å². The molecule has 68 heavy (non-hydrogen) atoms. The maximum atomic E-state index is 2.45. The van der Waals surface area contributed by atoms with E-state index < -0.39 is 0 Å². The highest BCUT2D eigenvalue weighted by atomic mass is 15.1. The molecule has 13 rings (SSSR count). The molecule has 0 amide bonds. The van der Waals surface area contributed by atoms with Crippen molar-refractivity contribution < 1.29 is 0 Å². The molecule has 0 fully saturated rings. The van der Waals surface area contributed by atoms with Crippen LogP contribution in [0.2, 0.25) is 0 Å². The van der Waals surface area contributed by atoms with Crippen molar-refractivity contribution in [1.29, 1.82) is 0 Å². The third-order valence-electron chi connectivity index (χ3n) is 13.7. The van der Waals surface area contributed by atoms with Crippen molar-refractivity contribution in [3.05, 3.63) is 267 Å². The van der Waals surface area contributed by atoms with Crippen LogP contribution in [0.3, 0.4) is 0 Å². The summed E-state index contributed by atoms with van der Waals surface area (Å²) in [6.45, 7) is 0. The fourth-order valence-electron chi connectivity index (χ4n) is 10.6. The SMILES string of the molecule is c1ccc(-c2c(-c3ccccc3)c3cc(-c4ccc(N(c5cccc(-c6ccc7ccccc7c6)c5)c5cccc6c5c5ccccc5n6-c5ccccc5)cc4)ccc3c3ccccc23)cc1. The quantitative estimate of drug-likeness (QED) is 0.138. The second-order valence-electron chi connectivity index (χ2n) is 17.6. The number of benzene rings is 12. The Morgan fingerprint density at radius 3 is 1.56 bits per heavy atom. The molecule has 2 heteroatoms. The monoisotopic (exact) mass is 864 g/mol. The molecule has 13 aromatic rings. The average Bonchev–Trinajstić information content (AvgIpc) is 3.76. The number of hydrogen-bond donors (Lipinski definition) is 0. The first-order valence-corrected chi connectivity index (χ1v) is 23.4. The van der Waals surface area contributed by atoms with Crippen LogP contribution in [0, 0.1) is 0 Å². The highest BCUT2D eigenvalue weighted by molar-refractivity contribution is 6.22. The normalized spacial score (nSPS) is 11.5. The van der Waals surface area contributed by atoms with E-state index in [9.17, 15) is 0 Å². The fraction of sp³-hybridized carbons (Fsp3) is 0. The molecule has 1 aromatic heterocycles. The molecule has 0 aliphatic heterocycles. The second-order valence-corrected chi connectivity index (χ2v) is 17.6. The topological polar surface area (TPSA) is 8.17 Å². The Morgan fingerprint density at radius 1 is 0.265 bits per heavy atom. The van der Waals surface area contributed by atoms with Gasteiger partial charge in [-0.15, -0.1) is 0 Å². The molecule has 0 radical (unpaired) electrons. The number of nitrogens with zero attached hydrogens (tertiary/aromatic N) is 2. The lowest BCUT2D eigenvalue weighted by Crippen LogP contribution is -2.10. The van der Waals surface area contributed by atoms with E-state index in [0.717, 1.165) is 33.8 Å². The molecule has 1 heterocycles. The predicted molar refractivity (Wildman–Crippen MR) is 290 cm³/mol. The smallest absolute Gasteiger partial charge is 0.0562 e. The van der Waals surface area contributed by atoms with Crippen molar-refractivity contribution in [2.75, 3.05) is 4.90 Å². The van der Waals surface area contributed by atoms with Gasteiger partial charge in [0.1, 0.15) is 0 Å². The first kappa shape index (κ1) is 39.4. The third kappa shape index (κ3) is 6.65. The van der Waals surface area contributed by atoms with Gasteiger partial charge in [-0.25, -0.2) is 0 Å². The summed E-state index contributed by atoms with van der Waals surface area (Å²) in [5.74, 6) is 0. The van der Waals surface area contributed by atoms with E-state index in [2.05, 4.69) is 276 Å². The minimum Gasteiger partial charge on any atom is -0.310 e. The Bertz CT molecular complexity index is 4000. The van der Waals surface area contributed by atoms with Gasteiger partial charge in [0.2, 0.25) is 0 Å². The number of fused-ring (bicyclic) bond motifs is 7. The van der Waals surface area contributed by atoms with Crippen molar-refractivity contribution in [1.82, 2.24) is 4.57 Å². The molecule has 318 valence electrons. The standard InChI is InChI=1S/C66H44N2/c1-4-19-47(20-5-1)64-58-29-13-12-28-56(58)57-41-38-52(44-60(57)65(64)48-21-6-2-7-22-48)46-36-39-54(40-37-46)67(55-27-16-24-50(43-55)51-35-34-45-18-10-11-23-49(45)42-51)62-32-17-33-63-66(62)59-30-14-15-31-61(59)68(63)53-25-8-3-9-26-53/h1-44H. The average molecular weight is 865 g/mol. The zero-order chi connectivity index (χ0) is 45.0. The number of para-hydroxylation sites is 2. The van der Waals surface area contributed by atoms with Gasteiger partial charge in [0.15, 0.2) is 0 Å². The summed E-state index contributed by atoms with van der Waals surface area (Å²) in [5, 5.41) is 9.89. The van der Waals surface area contributed by atoms with Crippen molar-refractivity contribution in [2.45, 2.75) is 0 Å². The van der Waals surface area contributed by atoms with E-state index in [-0.39, 0.29) is 0 Å². The summed E-state index contributed by atoms with van der Waals surface area (Å²) in [7, 11) is 0. The lowest BCUT2D eigenvalue weighted by Gasteiger charge is -2.27. The fourth-order valence-corrected chi connectivity index (χ4v) is 10.6. The van der Waals surface area contributed by atoms with Gasteiger partial charge in [0.25, 0.3) is 0 Å². The van der Waals surface area contributed by atoms with Crippen LogP contribution in [-0.2, 0) is 0 Å². The van der Waals surface area contributed by atoms with Gasteiger partial charge in [-0.05, 0) is 144 Å². The van der Waals surface area contributed by atoms with Gasteiger partial charge in [0.05, 0.1) is 16.7 Å². The summed E-state index contributed by atoms with van der Waals surface area (Å²) in [5.41, 5.74) is 16.4.